The lowest BCUT2D eigenvalue weighted by atomic mass is 9.99. The second kappa shape index (κ2) is 4.45. The average molecular weight is 295 g/mol. The molecular formula is C12H11ClN4O3. The van der Waals surface area contributed by atoms with Crippen LogP contribution in [0.1, 0.15) is 16.8 Å². The molecule has 7 nitrogen and oxygen atoms in total. The summed E-state index contributed by atoms with van der Waals surface area (Å²) in [4.78, 5) is 40.7. The van der Waals surface area contributed by atoms with Crippen molar-refractivity contribution in [2.24, 2.45) is 0 Å². The van der Waals surface area contributed by atoms with Gasteiger partial charge in [-0.15, -0.1) is 0 Å². The maximum atomic E-state index is 12.3. The Labute approximate surface area is 119 Å². The molecule has 0 radical (unpaired) electrons. The number of aromatic nitrogens is 1. The Morgan fingerprint density at radius 3 is 2.90 bits per heavy atom. The van der Waals surface area contributed by atoms with Crippen LogP contribution in [-0.4, -0.2) is 46.4 Å². The van der Waals surface area contributed by atoms with Crippen molar-refractivity contribution in [3.05, 3.63) is 29.0 Å². The standard InChI is InChI=1S/C12H11ClN4O3/c13-8-5-7(1-3-14-8)9(18)17-4-2-12(6-17)10(19)15-11(20)16-12/h1,3,5H,2,4,6H2,(H2,15,16,19,20). The van der Waals surface area contributed by atoms with Crippen LogP contribution in [0.4, 0.5) is 4.79 Å². The summed E-state index contributed by atoms with van der Waals surface area (Å²) in [5.74, 6) is -0.620. The summed E-state index contributed by atoms with van der Waals surface area (Å²) in [7, 11) is 0. The van der Waals surface area contributed by atoms with E-state index in [2.05, 4.69) is 15.6 Å². The Kier molecular flexibility index (Phi) is 2.86. The molecule has 2 N–H and O–H groups in total. The van der Waals surface area contributed by atoms with Gasteiger partial charge >= 0.3 is 6.03 Å². The lowest BCUT2D eigenvalue weighted by Crippen LogP contribution is -2.49. The SMILES string of the molecule is O=C1NC(=O)C2(CCN(C(=O)c3ccnc(Cl)c3)C2)N1. The number of hydrogen-bond donors (Lipinski definition) is 2. The van der Waals surface area contributed by atoms with Gasteiger partial charge in [-0.25, -0.2) is 9.78 Å². The first-order valence-corrected chi connectivity index (χ1v) is 6.42. The number of carbonyl (C=O) groups excluding carboxylic acids is 3. The largest absolute Gasteiger partial charge is 0.336 e. The van der Waals surface area contributed by atoms with Crippen molar-refractivity contribution in [3.8, 4) is 0 Å². The summed E-state index contributed by atoms with van der Waals surface area (Å²) in [6.45, 7) is 0.551. The van der Waals surface area contributed by atoms with Crippen molar-refractivity contribution in [1.82, 2.24) is 20.5 Å². The van der Waals surface area contributed by atoms with Crippen molar-refractivity contribution in [3.63, 3.8) is 0 Å². The van der Waals surface area contributed by atoms with Gasteiger partial charge in [-0.1, -0.05) is 11.6 Å². The number of carbonyl (C=O) groups is 3. The van der Waals surface area contributed by atoms with E-state index in [0.29, 0.717) is 18.5 Å². The van der Waals surface area contributed by atoms with Crippen LogP contribution in [0, 0.1) is 0 Å². The van der Waals surface area contributed by atoms with E-state index in [1.807, 2.05) is 0 Å². The summed E-state index contributed by atoms with van der Waals surface area (Å²) in [5.41, 5.74) is -0.587. The highest BCUT2D eigenvalue weighted by Crippen LogP contribution is 2.26. The third kappa shape index (κ3) is 2.00. The summed E-state index contributed by atoms with van der Waals surface area (Å²) in [6.07, 6.45) is 1.85. The topological polar surface area (TPSA) is 91.4 Å². The fourth-order valence-corrected chi connectivity index (χ4v) is 2.69. The Balaban J connectivity index is 1.79. The lowest BCUT2D eigenvalue weighted by Gasteiger charge is -2.21. The molecule has 2 saturated heterocycles. The number of nitrogens with zero attached hydrogens (tertiary/aromatic N) is 2. The molecule has 1 unspecified atom stereocenters. The Hall–Kier alpha value is -2.15. The molecular weight excluding hydrogens is 284 g/mol. The minimum atomic E-state index is -0.996. The fraction of sp³-hybridized carbons (Fsp3) is 0.333. The zero-order valence-electron chi connectivity index (χ0n) is 10.4. The van der Waals surface area contributed by atoms with Crippen LogP contribution in [0.3, 0.4) is 0 Å². The predicted molar refractivity (Wildman–Crippen MR) is 69.2 cm³/mol. The molecule has 104 valence electrons. The van der Waals surface area contributed by atoms with E-state index in [4.69, 9.17) is 11.6 Å². The van der Waals surface area contributed by atoms with E-state index in [-0.39, 0.29) is 23.5 Å². The van der Waals surface area contributed by atoms with Gasteiger partial charge in [0.15, 0.2) is 0 Å². The molecule has 0 aromatic carbocycles. The molecule has 4 amide bonds. The summed E-state index contributed by atoms with van der Waals surface area (Å²) in [6, 6.07) is 2.52. The van der Waals surface area contributed by atoms with Gasteiger partial charge in [-0.05, 0) is 18.6 Å². The second-order valence-electron chi connectivity index (χ2n) is 4.83. The highest BCUT2D eigenvalue weighted by molar-refractivity contribution is 6.29. The molecule has 2 aliphatic rings. The van der Waals surface area contributed by atoms with Gasteiger partial charge < -0.3 is 10.2 Å². The molecule has 1 spiro atoms. The molecule has 2 fully saturated rings. The number of nitrogens with one attached hydrogen (secondary N) is 2. The number of likely N-dealkylation sites (tertiary alicyclic amines) is 1. The van der Waals surface area contributed by atoms with E-state index in [1.54, 1.807) is 6.07 Å². The zero-order valence-corrected chi connectivity index (χ0v) is 11.1. The van der Waals surface area contributed by atoms with Crippen LogP contribution in [0.15, 0.2) is 18.3 Å². The molecule has 3 heterocycles. The third-order valence-corrected chi connectivity index (χ3v) is 3.75. The van der Waals surface area contributed by atoms with Gasteiger partial charge in [0.25, 0.3) is 11.8 Å². The summed E-state index contributed by atoms with van der Waals surface area (Å²) < 4.78 is 0. The minimum absolute atomic E-state index is 0.156. The number of amides is 4. The van der Waals surface area contributed by atoms with Crippen LogP contribution in [-0.2, 0) is 4.79 Å². The van der Waals surface area contributed by atoms with E-state index in [0.717, 1.165) is 0 Å². The Bertz CT molecular complexity index is 620. The average Bonchev–Trinajstić information content (AvgIpc) is 2.94. The zero-order chi connectivity index (χ0) is 14.3. The predicted octanol–water partition coefficient (Wildman–Crippen LogP) is 0.159. The molecule has 1 aromatic heterocycles. The van der Waals surface area contributed by atoms with Crippen LogP contribution in [0.25, 0.3) is 0 Å². The number of imide groups is 1. The Morgan fingerprint density at radius 2 is 2.25 bits per heavy atom. The lowest BCUT2D eigenvalue weighted by molar-refractivity contribution is -0.123. The van der Waals surface area contributed by atoms with Gasteiger partial charge in [0.2, 0.25) is 0 Å². The Morgan fingerprint density at radius 1 is 1.45 bits per heavy atom. The molecule has 0 aliphatic carbocycles. The minimum Gasteiger partial charge on any atom is -0.336 e. The molecule has 3 rings (SSSR count). The first kappa shape index (κ1) is 12.9. The number of hydrogen-bond acceptors (Lipinski definition) is 4. The smallest absolute Gasteiger partial charge is 0.322 e. The van der Waals surface area contributed by atoms with Crippen molar-refractivity contribution >= 4 is 29.4 Å². The number of rotatable bonds is 1. The third-order valence-electron chi connectivity index (χ3n) is 3.54. The number of urea groups is 1. The molecule has 20 heavy (non-hydrogen) atoms. The summed E-state index contributed by atoms with van der Waals surface area (Å²) >= 11 is 5.76. The fourth-order valence-electron chi connectivity index (χ4n) is 2.52. The summed E-state index contributed by atoms with van der Waals surface area (Å²) in [5, 5.41) is 5.03. The van der Waals surface area contributed by atoms with E-state index >= 15 is 0 Å². The molecule has 0 bridgehead atoms. The highest BCUT2D eigenvalue weighted by atomic mass is 35.5. The van der Waals surface area contributed by atoms with Crippen molar-refractivity contribution in [2.45, 2.75) is 12.0 Å². The molecule has 2 aliphatic heterocycles. The van der Waals surface area contributed by atoms with E-state index in [9.17, 15) is 14.4 Å². The van der Waals surface area contributed by atoms with Crippen LogP contribution >= 0.6 is 11.6 Å². The molecule has 1 atom stereocenters. The maximum Gasteiger partial charge on any atom is 0.322 e. The van der Waals surface area contributed by atoms with Crippen LogP contribution in [0.5, 0.6) is 0 Å². The maximum absolute atomic E-state index is 12.3. The van der Waals surface area contributed by atoms with Crippen molar-refractivity contribution in [1.29, 1.82) is 0 Å². The normalized spacial score (nSPS) is 24.9. The first-order valence-electron chi connectivity index (χ1n) is 6.05. The highest BCUT2D eigenvalue weighted by Gasteiger charge is 2.51. The first-order chi connectivity index (χ1) is 9.50. The quantitative estimate of drug-likeness (QED) is 0.570. The molecule has 8 heteroatoms. The van der Waals surface area contributed by atoms with Gasteiger partial charge in [-0.2, -0.15) is 0 Å². The monoisotopic (exact) mass is 294 g/mol. The van der Waals surface area contributed by atoms with Crippen molar-refractivity contribution < 1.29 is 14.4 Å². The number of halogens is 1. The van der Waals surface area contributed by atoms with Crippen LogP contribution in [0.2, 0.25) is 5.15 Å². The van der Waals surface area contributed by atoms with E-state index in [1.165, 1.54) is 17.2 Å². The second-order valence-corrected chi connectivity index (χ2v) is 5.22. The van der Waals surface area contributed by atoms with E-state index < -0.39 is 11.6 Å². The van der Waals surface area contributed by atoms with Gasteiger partial charge in [0, 0.05) is 18.3 Å². The van der Waals surface area contributed by atoms with Gasteiger partial charge in [-0.3, -0.25) is 14.9 Å². The molecule has 0 saturated carbocycles. The van der Waals surface area contributed by atoms with Gasteiger partial charge in [0.1, 0.15) is 10.7 Å². The van der Waals surface area contributed by atoms with Crippen molar-refractivity contribution in [2.75, 3.05) is 13.1 Å². The number of pyridine rings is 1. The molecule has 1 aromatic rings. The van der Waals surface area contributed by atoms with Gasteiger partial charge in [0.05, 0.1) is 6.54 Å². The van der Waals surface area contributed by atoms with Crippen LogP contribution < -0.4 is 10.6 Å².